The Morgan fingerprint density at radius 1 is 0.553 bits per heavy atom. The molecule has 0 radical (unpaired) electrons. The van der Waals surface area contributed by atoms with E-state index in [9.17, 15) is 19.2 Å². The summed E-state index contributed by atoms with van der Waals surface area (Å²) in [6.07, 6.45) is 7.15. The normalized spacial score (nSPS) is 9.42. The van der Waals surface area contributed by atoms with Gasteiger partial charge in [0.15, 0.2) is 0 Å². The predicted octanol–water partition coefficient (Wildman–Crippen LogP) is 4.76. The summed E-state index contributed by atoms with van der Waals surface area (Å²) >= 11 is 0. The van der Waals surface area contributed by atoms with Crippen LogP contribution < -0.4 is 9.47 Å². The third-order valence-electron chi connectivity index (χ3n) is 4.44. The Labute approximate surface area is 218 Å². The second kappa shape index (κ2) is 14.9. The van der Waals surface area contributed by atoms with E-state index in [0.717, 1.165) is 0 Å². The van der Waals surface area contributed by atoms with Crippen molar-refractivity contribution in [3.63, 3.8) is 0 Å². The highest BCUT2D eigenvalue weighted by molar-refractivity contribution is 5.92. The molecule has 0 spiro atoms. The molecule has 0 saturated heterocycles. The Hall–Kier alpha value is -5.38. The van der Waals surface area contributed by atoms with Crippen LogP contribution in [0.1, 0.15) is 34.6 Å². The van der Waals surface area contributed by atoms with Crippen LogP contribution in [0.15, 0.2) is 97.6 Å². The number of pyridine rings is 2. The minimum atomic E-state index is -1.11. The third kappa shape index (κ3) is 9.70. The highest BCUT2D eigenvalue weighted by Crippen LogP contribution is 2.18. The third-order valence-corrected chi connectivity index (χ3v) is 4.44. The first-order chi connectivity index (χ1) is 18.2. The van der Waals surface area contributed by atoms with Crippen molar-refractivity contribution in [1.29, 1.82) is 0 Å². The number of rotatable bonds is 5. The minimum Gasteiger partial charge on any atom is -0.478 e. The molecule has 0 unspecified atom stereocenters. The van der Waals surface area contributed by atoms with E-state index >= 15 is 0 Å². The highest BCUT2D eigenvalue weighted by Gasteiger charge is 2.12. The number of ether oxygens (including phenoxy) is 2. The number of carboxylic acid groups (broad SMARTS) is 2. The highest BCUT2D eigenvalue weighted by atomic mass is 16.5. The lowest BCUT2D eigenvalue weighted by Gasteiger charge is -2.03. The maximum absolute atomic E-state index is 10.6. The zero-order valence-electron chi connectivity index (χ0n) is 20.5. The van der Waals surface area contributed by atoms with E-state index in [1.54, 1.807) is 49.1 Å². The molecule has 10 nitrogen and oxygen atoms in total. The van der Waals surface area contributed by atoms with Gasteiger partial charge in [-0.25, -0.2) is 9.59 Å². The molecule has 0 bridgehead atoms. The molecule has 0 aliphatic rings. The molecule has 0 aliphatic heterocycles. The van der Waals surface area contributed by atoms with Gasteiger partial charge in [0, 0.05) is 38.6 Å². The molecular formula is C28H24N2O8. The largest absolute Gasteiger partial charge is 0.478 e. The van der Waals surface area contributed by atoms with Gasteiger partial charge in [0.25, 0.3) is 0 Å². The number of benzene rings is 2. The zero-order valence-corrected chi connectivity index (χ0v) is 20.5. The summed E-state index contributed by atoms with van der Waals surface area (Å²) in [5.74, 6) is -3.15. The molecule has 38 heavy (non-hydrogen) atoms. The van der Waals surface area contributed by atoms with Gasteiger partial charge in [0.2, 0.25) is 0 Å². The molecule has 194 valence electrons. The Morgan fingerprint density at radius 2 is 0.868 bits per heavy atom. The molecule has 4 aromatic rings. The number of carboxylic acids is 2. The topological polar surface area (TPSA) is 153 Å². The van der Waals surface area contributed by atoms with Gasteiger partial charge < -0.3 is 19.7 Å². The van der Waals surface area contributed by atoms with Gasteiger partial charge in [-0.3, -0.25) is 19.6 Å². The number of nitrogens with zero attached hydrogens (tertiary/aromatic N) is 2. The standard InChI is InChI=1S/C10H8N2.2C9H8O4/c1-5-11-6-2-9(1)10-3-7-12-8-4-10;2*1-6(10)13-8-5-3-2-4-7(8)9(11)12/h1-8H;2*2-5H,1H3,(H,11,12). The monoisotopic (exact) mass is 516 g/mol. The molecule has 0 aliphatic carbocycles. The van der Waals surface area contributed by atoms with Crippen LogP contribution in [0.3, 0.4) is 0 Å². The van der Waals surface area contributed by atoms with Crippen molar-refractivity contribution >= 4 is 23.9 Å². The van der Waals surface area contributed by atoms with Crippen LogP contribution in [-0.4, -0.2) is 44.1 Å². The Kier molecular flexibility index (Phi) is 11.3. The number of esters is 2. The molecule has 2 N–H and O–H groups in total. The van der Waals surface area contributed by atoms with Crippen molar-refractivity contribution in [2.24, 2.45) is 0 Å². The van der Waals surface area contributed by atoms with E-state index in [4.69, 9.17) is 10.2 Å². The minimum absolute atomic E-state index is 0.0160. The fraction of sp³-hybridized carbons (Fsp3) is 0.0714. The van der Waals surface area contributed by atoms with Crippen molar-refractivity contribution in [2.45, 2.75) is 13.8 Å². The van der Waals surface area contributed by atoms with Crippen LogP contribution in [0.5, 0.6) is 11.5 Å². The van der Waals surface area contributed by atoms with E-state index < -0.39 is 23.9 Å². The average molecular weight is 517 g/mol. The van der Waals surface area contributed by atoms with Gasteiger partial charge >= 0.3 is 23.9 Å². The SMILES string of the molecule is CC(=O)Oc1ccccc1C(=O)O.CC(=O)Oc1ccccc1C(=O)O.c1cc(-c2ccncc2)ccn1. The summed E-state index contributed by atoms with van der Waals surface area (Å²) in [5, 5.41) is 17.4. The number of carbonyl (C=O) groups excluding carboxylic acids is 2. The number of para-hydroxylation sites is 2. The van der Waals surface area contributed by atoms with Gasteiger partial charge in [-0.2, -0.15) is 0 Å². The second-order valence-electron chi connectivity index (χ2n) is 7.26. The quantitative estimate of drug-likeness (QED) is 0.280. The van der Waals surface area contributed by atoms with E-state index in [1.165, 1.54) is 49.2 Å². The molecule has 2 aromatic carbocycles. The molecule has 0 saturated carbocycles. The van der Waals surface area contributed by atoms with Crippen molar-refractivity contribution in [3.8, 4) is 22.6 Å². The first kappa shape index (κ1) is 28.9. The molecule has 0 atom stereocenters. The Balaban J connectivity index is 0.000000200. The molecule has 0 amide bonds. The van der Waals surface area contributed by atoms with E-state index in [-0.39, 0.29) is 22.6 Å². The van der Waals surface area contributed by atoms with Crippen LogP contribution in [0.25, 0.3) is 11.1 Å². The summed E-state index contributed by atoms with van der Waals surface area (Å²) in [6.45, 7) is 2.44. The number of hydrogen-bond donors (Lipinski definition) is 2. The van der Waals surface area contributed by atoms with Crippen LogP contribution in [0.4, 0.5) is 0 Å². The summed E-state index contributed by atoms with van der Waals surface area (Å²) in [4.78, 5) is 50.3. The Morgan fingerprint density at radius 3 is 1.16 bits per heavy atom. The van der Waals surface area contributed by atoms with Gasteiger partial charge in [-0.1, -0.05) is 24.3 Å². The fourth-order valence-electron chi connectivity index (χ4n) is 2.86. The van der Waals surface area contributed by atoms with Crippen molar-refractivity contribution in [1.82, 2.24) is 9.97 Å². The Bertz CT molecular complexity index is 1270. The van der Waals surface area contributed by atoms with E-state index in [2.05, 4.69) is 19.4 Å². The smallest absolute Gasteiger partial charge is 0.339 e. The summed E-state index contributed by atoms with van der Waals surface area (Å²) < 4.78 is 9.37. The zero-order chi connectivity index (χ0) is 27.9. The van der Waals surface area contributed by atoms with Gasteiger partial charge in [0.05, 0.1) is 0 Å². The number of aromatic nitrogens is 2. The van der Waals surface area contributed by atoms with Crippen molar-refractivity contribution in [2.75, 3.05) is 0 Å². The molecule has 0 fully saturated rings. The van der Waals surface area contributed by atoms with Gasteiger partial charge in [-0.05, 0) is 59.7 Å². The molecule has 4 rings (SSSR count). The maximum atomic E-state index is 10.6. The van der Waals surface area contributed by atoms with Crippen molar-refractivity contribution < 1.29 is 38.9 Å². The van der Waals surface area contributed by atoms with Crippen LogP contribution in [-0.2, 0) is 9.59 Å². The fourth-order valence-corrected chi connectivity index (χ4v) is 2.86. The van der Waals surface area contributed by atoms with Gasteiger partial charge in [0.1, 0.15) is 22.6 Å². The molecule has 2 heterocycles. The first-order valence-corrected chi connectivity index (χ1v) is 11.0. The predicted molar refractivity (Wildman–Crippen MR) is 137 cm³/mol. The number of hydrogen-bond acceptors (Lipinski definition) is 8. The lowest BCUT2D eigenvalue weighted by atomic mass is 10.1. The van der Waals surface area contributed by atoms with Crippen molar-refractivity contribution in [3.05, 3.63) is 109 Å². The number of carbonyl (C=O) groups is 4. The summed E-state index contributed by atoms with van der Waals surface area (Å²) in [6, 6.07) is 19.9. The summed E-state index contributed by atoms with van der Waals surface area (Å²) in [7, 11) is 0. The number of aromatic carboxylic acids is 2. The van der Waals surface area contributed by atoms with Crippen LogP contribution >= 0.6 is 0 Å². The molecule has 10 heteroatoms. The second-order valence-corrected chi connectivity index (χ2v) is 7.26. The van der Waals surface area contributed by atoms with Crippen LogP contribution in [0, 0.1) is 0 Å². The lowest BCUT2D eigenvalue weighted by molar-refractivity contribution is -0.132. The van der Waals surface area contributed by atoms with E-state index in [1.807, 2.05) is 24.3 Å². The average Bonchev–Trinajstić information content (AvgIpc) is 2.90. The van der Waals surface area contributed by atoms with E-state index in [0.29, 0.717) is 0 Å². The van der Waals surface area contributed by atoms with Crippen LogP contribution in [0.2, 0.25) is 0 Å². The molecule has 2 aromatic heterocycles. The molecular weight excluding hydrogens is 492 g/mol. The lowest BCUT2D eigenvalue weighted by Crippen LogP contribution is -2.06. The van der Waals surface area contributed by atoms with Gasteiger partial charge in [-0.15, -0.1) is 0 Å². The summed E-state index contributed by atoms with van der Waals surface area (Å²) in [5.41, 5.74) is 2.32. The first-order valence-electron chi connectivity index (χ1n) is 11.0. The maximum Gasteiger partial charge on any atom is 0.339 e.